The van der Waals surface area contributed by atoms with Gasteiger partial charge in [0, 0.05) is 13.1 Å². The zero-order valence-corrected chi connectivity index (χ0v) is 18.9. The van der Waals surface area contributed by atoms with E-state index in [2.05, 4.69) is 10.4 Å². The summed E-state index contributed by atoms with van der Waals surface area (Å²) in [6.07, 6.45) is 2.33. The summed E-state index contributed by atoms with van der Waals surface area (Å²) in [5.74, 6) is 0.693. The SMILES string of the molecule is CCn1nc(C)c2nc(SCC(=O)NCCc3ccccc3)n(Cc3ccco3)c(=O)c21. The van der Waals surface area contributed by atoms with Crippen molar-refractivity contribution in [1.82, 2.24) is 24.6 Å². The predicted molar refractivity (Wildman–Crippen MR) is 124 cm³/mol. The molecule has 0 spiro atoms. The number of carbonyl (C=O) groups excluding carboxylic acids is 1. The highest BCUT2D eigenvalue weighted by Crippen LogP contribution is 2.21. The number of hydrogen-bond acceptors (Lipinski definition) is 6. The van der Waals surface area contributed by atoms with Crippen molar-refractivity contribution >= 4 is 28.7 Å². The molecule has 0 saturated heterocycles. The fourth-order valence-electron chi connectivity index (χ4n) is 3.50. The van der Waals surface area contributed by atoms with Crippen LogP contribution in [0.3, 0.4) is 0 Å². The molecule has 0 unspecified atom stereocenters. The van der Waals surface area contributed by atoms with Crippen molar-refractivity contribution in [2.45, 2.75) is 38.5 Å². The van der Waals surface area contributed by atoms with Gasteiger partial charge in [0.1, 0.15) is 11.3 Å². The van der Waals surface area contributed by atoms with Gasteiger partial charge in [0.2, 0.25) is 5.91 Å². The average molecular weight is 452 g/mol. The van der Waals surface area contributed by atoms with Crippen LogP contribution >= 0.6 is 11.8 Å². The molecular formula is C23H25N5O3S. The molecule has 0 aliphatic carbocycles. The maximum atomic E-state index is 13.3. The summed E-state index contributed by atoms with van der Waals surface area (Å²) in [5.41, 5.74) is 2.70. The van der Waals surface area contributed by atoms with Gasteiger partial charge in [-0.15, -0.1) is 0 Å². The number of thioether (sulfide) groups is 1. The van der Waals surface area contributed by atoms with Crippen LogP contribution in [0.4, 0.5) is 0 Å². The summed E-state index contributed by atoms with van der Waals surface area (Å²) in [5, 5.41) is 7.84. The maximum absolute atomic E-state index is 13.3. The van der Waals surface area contributed by atoms with Crippen LogP contribution in [0.5, 0.6) is 0 Å². The number of furan rings is 1. The minimum atomic E-state index is -0.194. The average Bonchev–Trinajstić information content (AvgIpc) is 3.43. The molecule has 0 aliphatic rings. The van der Waals surface area contributed by atoms with E-state index in [1.165, 1.54) is 17.3 Å². The van der Waals surface area contributed by atoms with E-state index in [4.69, 9.17) is 9.40 Å². The van der Waals surface area contributed by atoms with E-state index in [-0.39, 0.29) is 23.8 Å². The van der Waals surface area contributed by atoms with Gasteiger partial charge in [-0.1, -0.05) is 42.1 Å². The first-order valence-corrected chi connectivity index (χ1v) is 11.5. The summed E-state index contributed by atoms with van der Waals surface area (Å²) < 4.78 is 8.67. The molecule has 0 atom stereocenters. The van der Waals surface area contributed by atoms with Gasteiger partial charge in [-0.2, -0.15) is 5.10 Å². The lowest BCUT2D eigenvalue weighted by atomic mass is 10.1. The van der Waals surface area contributed by atoms with E-state index in [1.54, 1.807) is 21.6 Å². The quantitative estimate of drug-likeness (QED) is 0.311. The highest BCUT2D eigenvalue weighted by molar-refractivity contribution is 7.99. The van der Waals surface area contributed by atoms with Gasteiger partial charge < -0.3 is 9.73 Å². The van der Waals surface area contributed by atoms with Crippen LogP contribution in [0.15, 0.2) is 63.1 Å². The van der Waals surface area contributed by atoms with E-state index in [9.17, 15) is 9.59 Å². The Balaban J connectivity index is 1.53. The van der Waals surface area contributed by atoms with Crippen LogP contribution in [-0.2, 0) is 24.3 Å². The monoisotopic (exact) mass is 451 g/mol. The molecule has 32 heavy (non-hydrogen) atoms. The molecule has 1 aromatic carbocycles. The lowest BCUT2D eigenvalue weighted by molar-refractivity contribution is -0.118. The minimum Gasteiger partial charge on any atom is -0.467 e. The molecule has 0 aliphatic heterocycles. The number of fused-ring (bicyclic) bond motifs is 1. The minimum absolute atomic E-state index is 0.106. The molecule has 1 N–H and O–H groups in total. The number of carbonyl (C=O) groups is 1. The van der Waals surface area contributed by atoms with Crippen molar-refractivity contribution in [1.29, 1.82) is 0 Å². The lowest BCUT2D eigenvalue weighted by Crippen LogP contribution is -2.29. The molecule has 3 heterocycles. The first-order chi connectivity index (χ1) is 15.6. The second-order valence-corrected chi connectivity index (χ2v) is 8.28. The largest absolute Gasteiger partial charge is 0.467 e. The second-order valence-electron chi connectivity index (χ2n) is 7.34. The van der Waals surface area contributed by atoms with Gasteiger partial charge in [-0.25, -0.2) is 4.98 Å². The van der Waals surface area contributed by atoms with Gasteiger partial charge in [0.05, 0.1) is 24.3 Å². The Morgan fingerprint density at radius 1 is 1.19 bits per heavy atom. The Labute approximate surface area is 189 Å². The smallest absolute Gasteiger partial charge is 0.280 e. The number of rotatable bonds is 9. The second kappa shape index (κ2) is 9.86. The van der Waals surface area contributed by atoms with E-state index in [0.717, 1.165) is 6.42 Å². The van der Waals surface area contributed by atoms with E-state index < -0.39 is 0 Å². The third-order valence-corrected chi connectivity index (χ3v) is 6.06. The molecule has 0 saturated carbocycles. The van der Waals surface area contributed by atoms with Crippen LogP contribution in [0.25, 0.3) is 11.0 Å². The lowest BCUT2D eigenvalue weighted by Gasteiger charge is -2.12. The van der Waals surface area contributed by atoms with E-state index in [0.29, 0.717) is 40.7 Å². The van der Waals surface area contributed by atoms with Crippen LogP contribution in [0.1, 0.15) is 23.9 Å². The standard InChI is InChI=1S/C23H25N5O3S/c1-3-28-21-20(16(2)26-28)25-23(27(22(21)30)14-18-10-7-13-31-18)32-15-19(29)24-12-11-17-8-5-4-6-9-17/h4-10,13H,3,11-12,14-15H2,1-2H3,(H,24,29). The molecule has 4 aromatic rings. The highest BCUT2D eigenvalue weighted by Gasteiger charge is 2.19. The van der Waals surface area contributed by atoms with Gasteiger partial charge in [-0.05, 0) is 38.0 Å². The highest BCUT2D eigenvalue weighted by atomic mass is 32.2. The van der Waals surface area contributed by atoms with Gasteiger partial charge >= 0.3 is 0 Å². The number of aromatic nitrogens is 4. The summed E-state index contributed by atoms with van der Waals surface area (Å²) in [6.45, 7) is 5.13. The number of hydrogen-bond donors (Lipinski definition) is 1. The zero-order valence-electron chi connectivity index (χ0n) is 18.1. The summed E-state index contributed by atoms with van der Waals surface area (Å²) >= 11 is 1.24. The fraction of sp³-hybridized carbons (Fsp3) is 0.304. The molecule has 8 nitrogen and oxygen atoms in total. The molecule has 4 rings (SSSR count). The first-order valence-electron chi connectivity index (χ1n) is 10.5. The Hall–Kier alpha value is -3.33. The predicted octanol–water partition coefficient (Wildman–Crippen LogP) is 3.01. The molecule has 0 bridgehead atoms. The molecule has 0 radical (unpaired) electrons. The third kappa shape index (κ3) is 4.77. The van der Waals surface area contributed by atoms with Crippen LogP contribution in [0.2, 0.25) is 0 Å². The van der Waals surface area contributed by atoms with E-state index >= 15 is 0 Å². The van der Waals surface area contributed by atoms with Gasteiger partial charge in [0.15, 0.2) is 10.7 Å². The molecule has 3 aromatic heterocycles. The Morgan fingerprint density at radius 3 is 2.72 bits per heavy atom. The number of benzene rings is 1. The molecule has 166 valence electrons. The number of nitrogens with one attached hydrogen (secondary N) is 1. The van der Waals surface area contributed by atoms with Crippen molar-refractivity contribution in [3.63, 3.8) is 0 Å². The molecule has 9 heteroatoms. The van der Waals surface area contributed by atoms with Crippen molar-refractivity contribution in [3.8, 4) is 0 Å². The fourth-order valence-corrected chi connectivity index (χ4v) is 4.32. The zero-order chi connectivity index (χ0) is 22.5. The van der Waals surface area contributed by atoms with Crippen molar-refractivity contribution in [3.05, 3.63) is 76.1 Å². The van der Waals surface area contributed by atoms with E-state index in [1.807, 2.05) is 50.2 Å². The number of aryl methyl sites for hydroxylation is 2. The summed E-state index contributed by atoms with van der Waals surface area (Å²) in [7, 11) is 0. The number of nitrogens with zero attached hydrogens (tertiary/aromatic N) is 4. The summed E-state index contributed by atoms with van der Waals surface area (Å²) in [6, 6.07) is 13.6. The van der Waals surface area contributed by atoms with Crippen molar-refractivity contribution in [2.24, 2.45) is 0 Å². The summed E-state index contributed by atoms with van der Waals surface area (Å²) in [4.78, 5) is 30.5. The maximum Gasteiger partial charge on any atom is 0.280 e. The van der Waals surface area contributed by atoms with Gasteiger partial charge in [-0.3, -0.25) is 18.8 Å². The van der Waals surface area contributed by atoms with Crippen LogP contribution in [-0.4, -0.2) is 37.5 Å². The van der Waals surface area contributed by atoms with Crippen molar-refractivity contribution in [2.75, 3.05) is 12.3 Å². The molecular weight excluding hydrogens is 426 g/mol. The topological polar surface area (TPSA) is 95.0 Å². The number of amides is 1. The van der Waals surface area contributed by atoms with Crippen LogP contribution < -0.4 is 10.9 Å². The molecule has 0 fully saturated rings. The first kappa shape index (κ1) is 21.9. The Bertz CT molecular complexity index is 1260. The Morgan fingerprint density at radius 2 is 2.00 bits per heavy atom. The van der Waals surface area contributed by atoms with Gasteiger partial charge in [0.25, 0.3) is 5.56 Å². The van der Waals surface area contributed by atoms with Crippen molar-refractivity contribution < 1.29 is 9.21 Å². The third-order valence-electron chi connectivity index (χ3n) is 5.09. The Kier molecular flexibility index (Phi) is 6.75. The molecule has 1 amide bonds. The van der Waals surface area contributed by atoms with Crippen LogP contribution in [0, 0.1) is 6.92 Å². The normalized spacial score (nSPS) is 11.2.